The Bertz CT molecular complexity index is 747. The third-order valence-corrected chi connectivity index (χ3v) is 7.47. The van der Waals surface area contributed by atoms with Crippen molar-refractivity contribution in [2.45, 2.75) is 96.6 Å². The van der Waals surface area contributed by atoms with Crippen LogP contribution in [0, 0.1) is 5.92 Å². The Kier molecular flexibility index (Phi) is 11.9. The van der Waals surface area contributed by atoms with Gasteiger partial charge in [-0.25, -0.2) is 0 Å². The number of benzene rings is 1. The van der Waals surface area contributed by atoms with Crippen molar-refractivity contribution in [3.8, 4) is 0 Å². The molecule has 0 radical (unpaired) electrons. The second kappa shape index (κ2) is 14.1. The van der Waals surface area contributed by atoms with E-state index in [4.69, 9.17) is 0 Å². The Hall–Kier alpha value is -1.59. The third-order valence-electron chi connectivity index (χ3n) is 7.47. The van der Waals surface area contributed by atoms with Crippen molar-refractivity contribution < 1.29 is 9.59 Å². The van der Waals surface area contributed by atoms with Crippen molar-refractivity contribution in [2.75, 3.05) is 26.2 Å². The van der Waals surface area contributed by atoms with Gasteiger partial charge in [-0.3, -0.25) is 9.59 Å². The monoisotopic (exact) mass is 491 g/mol. The zero-order valence-corrected chi connectivity index (χ0v) is 22.4. The molecule has 0 bridgehead atoms. The molecule has 2 heterocycles. The molecular weight excluding hydrogens is 446 g/mol. The number of likely N-dealkylation sites (tertiary alicyclic amines) is 1. The summed E-state index contributed by atoms with van der Waals surface area (Å²) in [5, 5.41) is 3.11. The lowest BCUT2D eigenvalue weighted by Crippen LogP contribution is -2.73. The predicted octanol–water partition coefficient (Wildman–Crippen LogP) is 5.22. The quantitative estimate of drug-likeness (QED) is 0.408. The summed E-state index contributed by atoms with van der Waals surface area (Å²) in [7, 11) is 0. The number of hydrogen-bond acceptors (Lipinski definition) is 3. The topological polar surface area (TPSA) is 52.7 Å². The van der Waals surface area contributed by atoms with Crippen LogP contribution in [-0.2, 0) is 16.0 Å². The molecule has 2 saturated heterocycles. The van der Waals surface area contributed by atoms with E-state index in [1.54, 1.807) is 0 Å². The third kappa shape index (κ3) is 7.45. The van der Waals surface area contributed by atoms with E-state index in [1.807, 2.05) is 4.90 Å². The number of amides is 2. The van der Waals surface area contributed by atoms with Gasteiger partial charge < -0.3 is 15.1 Å². The van der Waals surface area contributed by atoms with Crippen LogP contribution in [-0.4, -0.2) is 59.4 Å². The Morgan fingerprint density at radius 3 is 2.29 bits per heavy atom. The Morgan fingerprint density at radius 1 is 0.971 bits per heavy atom. The molecule has 5 nitrogen and oxygen atoms in total. The molecule has 0 saturated carbocycles. The zero-order valence-electron chi connectivity index (χ0n) is 21.6. The molecule has 0 aliphatic carbocycles. The van der Waals surface area contributed by atoms with Crippen LogP contribution < -0.4 is 5.32 Å². The second-order valence-electron chi connectivity index (χ2n) is 10.5. The summed E-state index contributed by atoms with van der Waals surface area (Å²) in [6.45, 7) is 9.99. The molecule has 1 unspecified atom stereocenters. The van der Waals surface area contributed by atoms with Gasteiger partial charge in [0.2, 0.25) is 11.8 Å². The van der Waals surface area contributed by atoms with E-state index in [-0.39, 0.29) is 30.3 Å². The number of nitrogens with one attached hydrogen (secondary N) is 1. The van der Waals surface area contributed by atoms with Crippen molar-refractivity contribution >= 4 is 24.2 Å². The van der Waals surface area contributed by atoms with Gasteiger partial charge in [0.25, 0.3) is 0 Å². The largest absolute Gasteiger partial charge is 0.342 e. The summed E-state index contributed by atoms with van der Waals surface area (Å²) in [6.07, 6.45) is 10.4. The summed E-state index contributed by atoms with van der Waals surface area (Å²) in [4.78, 5) is 31.1. The second-order valence-corrected chi connectivity index (χ2v) is 10.5. The standard InChI is InChI=1S/C28H45N3O2.ClH/c1-4-5-19-31-26(32)25(22-23(2)3)29-27(33)28(31)16-20-30(21-17-28)18-12-7-6-9-13-24-14-10-8-11-15-24;/h8,10-11,14-15,23,25H,4-7,9,12-13,16-22H2,1-3H3,(H,29,33);1H. The highest BCUT2D eigenvalue weighted by Gasteiger charge is 2.53. The number of piperazine rings is 1. The Balaban J connectivity index is 0.00000408. The summed E-state index contributed by atoms with van der Waals surface area (Å²) in [6, 6.07) is 10.4. The highest BCUT2D eigenvalue weighted by Crippen LogP contribution is 2.34. The molecule has 192 valence electrons. The van der Waals surface area contributed by atoms with Crippen LogP contribution in [0.15, 0.2) is 30.3 Å². The highest BCUT2D eigenvalue weighted by atomic mass is 35.5. The van der Waals surface area contributed by atoms with Gasteiger partial charge in [0.15, 0.2) is 0 Å². The highest BCUT2D eigenvalue weighted by molar-refractivity contribution is 6.00. The number of rotatable bonds is 12. The van der Waals surface area contributed by atoms with Gasteiger partial charge in [-0.2, -0.15) is 0 Å². The van der Waals surface area contributed by atoms with Gasteiger partial charge in [0.1, 0.15) is 11.6 Å². The average molecular weight is 492 g/mol. The van der Waals surface area contributed by atoms with E-state index in [9.17, 15) is 9.59 Å². The number of nitrogens with zero attached hydrogens (tertiary/aromatic N) is 2. The maximum Gasteiger partial charge on any atom is 0.246 e. The fourth-order valence-electron chi connectivity index (χ4n) is 5.45. The first kappa shape index (κ1) is 28.6. The minimum absolute atomic E-state index is 0. The molecule has 3 rings (SSSR count). The molecule has 2 amide bonds. The van der Waals surface area contributed by atoms with Crippen molar-refractivity contribution in [3.05, 3.63) is 35.9 Å². The van der Waals surface area contributed by atoms with E-state index in [0.717, 1.165) is 51.7 Å². The molecule has 2 aliphatic heterocycles. The first-order valence-electron chi connectivity index (χ1n) is 13.3. The van der Waals surface area contributed by atoms with E-state index >= 15 is 0 Å². The number of hydrogen-bond donors (Lipinski definition) is 1. The number of unbranched alkanes of at least 4 members (excludes halogenated alkanes) is 4. The molecular formula is C28H46ClN3O2. The lowest BCUT2D eigenvalue weighted by molar-refractivity contribution is -0.161. The van der Waals surface area contributed by atoms with Crippen LogP contribution in [0.3, 0.4) is 0 Å². The normalized spacial score (nSPS) is 20.5. The SMILES string of the molecule is CCCCN1C(=O)C(CC(C)C)NC(=O)C12CCN(CCCCCCc1ccccc1)CC2.Cl. The maximum atomic E-state index is 13.3. The van der Waals surface area contributed by atoms with Crippen molar-refractivity contribution in [3.63, 3.8) is 0 Å². The summed E-state index contributed by atoms with van der Waals surface area (Å²) in [5.41, 5.74) is 0.800. The fourth-order valence-corrected chi connectivity index (χ4v) is 5.45. The maximum absolute atomic E-state index is 13.3. The van der Waals surface area contributed by atoms with Crippen LogP contribution in [0.5, 0.6) is 0 Å². The molecule has 1 N–H and O–H groups in total. The smallest absolute Gasteiger partial charge is 0.246 e. The molecule has 1 aromatic carbocycles. The minimum Gasteiger partial charge on any atom is -0.342 e. The van der Waals surface area contributed by atoms with Gasteiger partial charge in [-0.1, -0.05) is 70.4 Å². The van der Waals surface area contributed by atoms with Crippen molar-refractivity contribution in [1.29, 1.82) is 0 Å². The lowest BCUT2D eigenvalue weighted by Gasteiger charge is -2.52. The molecule has 34 heavy (non-hydrogen) atoms. The lowest BCUT2D eigenvalue weighted by atomic mass is 9.80. The minimum atomic E-state index is -0.633. The zero-order chi connectivity index (χ0) is 23.7. The van der Waals surface area contributed by atoms with E-state index in [0.29, 0.717) is 12.5 Å². The van der Waals surface area contributed by atoms with Crippen LogP contribution in [0.1, 0.15) is 84.1 Å². The van der Waals surface area contributed by atoms with Crippen LogP contribution in [0.2, 0.25) is 0 Å². The number of piperidine rings is 1. The van der Waals surface area contributed by atoms with Crippen molar-refractivity contribution in [2.24, 2.45) is 5.92 Å². The van der Waals surface area contributed by atoms with Gasteiger partial charge in [-0.05, 0) is 63.0 Å². The fraction of sp³-hybridized carbons (Fsp3) is 0.714. The van der Waals surface area contributed by atoms with Crippen LogP contribution in [0.4, 0.5) is 0 Å². The molecule has 1 spiro atoms. The van der Waals surface area contributed by atoms with Gasteiger partial charge in [-0.15, -0.1) is 12.4 Å². The molecule has 2 aliphatic rings. The summed E-state index contributed by atoms with van der Waals surface area (Å²) in [5.74, 6) is 0.615. The Labute approximate surface area is 213 Å². The number of aryl methyl sites for hydroxylation is 1. The van der Waals surface area contributed by atoms with E-state index in [1.165, 1.54) is 37.7 Å². The summed E-state index contributed by atoms with van der Waals surface area (Å²) < 4.78 is 0. The van der Waals surface area contributed by atoms with Gasteiger partial charge >= 0.3 is 0 Å². The Morgan fingerprint density at radius 2 is 1.65 bits per heavy atom. The number of halogens is 1. The first-order valence-corrected chi connectivity index (χ1v) is 13.3. The number of carbonyl (C=O) groups is 2. The van der Waals surface area contributed by atoms with Gasteiger partial charge in [0.05, 0.1) is 0 Å². The number of carbonyl (C=O) groups excluding carboxylic acids is 2. The molecule has 1 aromatic rings. The molecule has 2 fully saturated rings. The van der Waals surface area contributed by atoms with E-state index < -0.39 is 5.54 Å². The molecule has 1 atom stereocenters. The summed E-state index contributed by atoms with van der Waals surface area (Å²) >= 11 is 0. The van der Waals surface area contributed by atoms with E-state index in [2.05, 4.69) is 61.3 Å². The molecule has 6 heteroatoms. The van der Waals surface area contributed by atoms with Crippen LogP contribution >= 0.6 is 12.4 Å². The van der Waals surface area contributed by atoms with Gasteiger partial charge in [0, 0.05) is 19.6 Å². The van der Waals surface area contributed by atoms with Crippen molar-refractivity contribution in [1.82, 2.24) is 15.1 Å². The molecule has 0 aromatic heterocycles. The first-order chi connectivity index (χ1) is 16.0. The van der Waals surface area contributed by atoms with Crippen LogP contribution in [0.25, 0.3) is 0 Å². The average Bonchev–Trinajstić information content (AvgIpc) is 2.81. The predicted molar refractivity (Wildman–Crippen MR) is 142 cm³/mol.